The predicted octanol–water partition coefficient (Wildman–Crippen LogP) is 2.01. The quantitative estimate of drug-likeness (QED) is 0.764. The molecular weight excluding hydrogens is 236 g/mol. The molecule has 0 amide bonds. The molecule has 0 N–H and O–H groups in total. The van der Waals surface area contributed by atoms with Crippen LogP contribution in [0.4, 0.5) is 0 Å². The van der Waals surface area contributed by atoms with Crippen LogP contribution in [0.1, 0.15) is 6.92 Å². The Labute approximate surface area is 95.8 Å². The summed E-state index contributed by atoms with van der Waals surface area (Å²) in [5.74, 6) is -0.631. The molecule has 0 aliphatic rings. The van der Waals surface area contributed by atoms with Crippen LogP contribution in [0.15, 0.2) is 29.2 Å². The number of hydrogen-bond donors (Lipinski definition) is 0. The lowest BCUT2D eigenvalue weighted by molar-refractivity contribution is -0.139. The van der Waals surface area contributed by atoms with Gasteiger partial charge in [0.2, 0.25) is 0 Å². The molecule has 0 aliphatic carbocycles. The van der Waals surface area contributed by atoms with E-state index in [9.17, 15) is 9.00 Å². The van der Waals surface area contributed by atoms with Crippen LogP contribution in [0, 0.1) is 0 Å². The Bertz CT molecular complexity index is 379. The first-order chi connectivity index (χ1) is 7.15. The molecule has 0 saturated heterocycles. The first-order valence-electron chi connectivity index (χ1n) is 4.43. The van der Waals surface area contributed by atoms with Crippen molar-refractivity contribution in [2.75, 3.05) is 12.4 Å². The van der Waals surface area contributed by atoms with Crippen LogP contribution >= 0.6 is 11.6 Å². The van der Waals surface area contributed by atoms with Crippen LogP contribution in [-0.4, -0.2) is 22.5 Å². The van der Waals surface area contributed by atoms with Crippen LogP contribution in [0.5, 0.6) is 0 Å². The molecule has 1 atom stereocenters. The van der Waals surface area contributed by atoms with Crippen molar-refractivity contribution in [3.05, 3.63) is 29.3 Å². The number of carbonyl (C=O) groups is 1. The van der Waals surface area contributed by atoms with Crippen LogP contribution in [0.25, 0.3) is 0 Å². The Hall–Kier alpha value is -0.870. The van der Waals surface area contributed by atoms with Crippen molar-refractivity contribution in [1.82, 2.24) is 0 Å². The lowest BCUT2D eigenvalue weighted by Gasteiger charge is -2.03. The first-order valence-corrected chi connectivity index (χ1v) is 6.13. The Morgan fingerprint density at radius 3 is 2.73 bits per heavy atom. The number of esters is 1. The minimum atomic E-state index is -1.43. The predicted molar refractivity (Wildman–Crippen MR) is 59.4 cm³/mol. The van der Waals surface area contributed by atoms with E-state index in [1.54, 1.807) is 31.2 Å². The maximum absolute atomic E-state index is 11.7. The molecule has 0 heterocycles. The molecule has 1 aromatic rings. The summed E-state index contributed by atoms with van der Waals surface area (Å²) in [6.07, 6.45) is 0. The highest BCUT2D eigenvalue weighted by atomic mass is 35.5. The summed E-state index contributed by atoms with van der Waals surface area (Å²) in [4.78, 5) is 11.5. The molecular formula is C10H11ClO3S. The molecule has 0 saturated carbocycles. The van der Waals surface area contributed by atoms with E-state index in [0.717, 1.165) is 0 Å². The summed E-state index contributed by atoms with van der Waals surface area (Å²) >= 11 is 5.83. The van der Waals surface area contributed by atoms with Gasteiger partial charge in [0, 0.05) is 0 Å². The molecule has 1 unspecified atom stereocenters. The van der Waals surface area contributed by atoms with Crippen LogP contribution in [-0.2, 0) is 20.3 Å². The van der Waals surface area contributed by atoms with Crippen LogP contribution in [0.3, 0.4) is 0 Å². The van der Waals surface area contributed by atoms with Crippen LogP contribution < -0.4 is 0 Å². The third-order valence-corrected chi connectivity index (χ3v) is 3.42. The number of ether oxygens (including phenoxy) is 1. The van der Waals surface area contributed by atoms with Gasteiger partial charge in [0.1, 0.15) is 5.75 Å². The first kappa shape index (κ1) is 12.2. The van der Waals surface area contributed by atoms with E-state index in [0.29, 0.717) is 16.5 Å². The van der Waals surface area contributed by atoms with Crippen molar-refractivity contribution in [3.63, 3.8) is 0 Å². The average Bonchev–Trinajstić information content (AvgIpc) is 2.18. The monoisotopic (exact) mass is 246 g/mol. The Balaban J connectivity index is 2.70. The molecule has 0 fully saturated rings. The normalized spacial score (nSPS) is 12.1. The molecule has 1 aromatic carbocycles. The lowest BCUT2D eigenvalue weighted by atomic mass is 10.4. The summed E-state index contributed by atoms with van der Waals surface area (Å²) in [5, 5.41) is 0.403. The number of carbonyl (C=O) groups excluding carboxylic acids is 1. The molecule has 0 bridgehead atoms. The maximum Gasteiger partial charge on any atom is 0.318 e. The van der Waals surface area contributed by atoms with E-state index in [2.05, 4.69) is 0 Å². The van der Waals surface area contributed by atoms with Gasteiger partial charge in [0.25, 0.3) is 0 Å². The zero-order chi connectivity index (χ0) is 11.3. The van der Waals surface area contributed by atoms with Gasteiger partial charge in [-0.15, -0.1) is 0 Å². The van der Waals surface area contributed by atoms with Gasteiger partial charge in [-0.05, 0) is 19.1 Å². The number of halogens is 1. The second-order valence-electron chi connectivity index (χ2n) is 2.73. The van der Waals surface area contributed by atoms with Gasteiger partial charge in [-0.3, -0.25) is 9.00 Å². The molecule has 82 valence electrons. The van der Waals surface area contributed by atoms with E-state index < -0.39 is 16.8 Å². The minimum Gasteiger partial charge on any atom is -0.465 e. The van der Waals surface area contributed by atoms with Gasteiger partial charge in [0.05, 0.1) is 27.3 Å². The molecule has 5 heteroatoms. The summed E-state index contributed by atoms with van der Waals surface area (Å²) in [7, 11) is -1.43. The second kappa shape index (κ2) is 5.88. The van der Waals surface area contributed by atoms with E-state index >= 15 is 0 Å². The zero-order valence-corrected chi connectivity index (χ0v) is 9.81. The van der Waals surface area contributed by atoms with E-state index in [-0.39, 0.29) is 5.75 Å². The Morgan fingerprint density at radius 1 is 1.47 bits per heavy atom. The molecule has 3 nitrogen and oxygen atoms in total. The summed E-state index contributed by atoms with van der Waals surface area (Å²) in [6.45, 7) is 1.99. The molecule has 0 spiro atoms. The van der Waals surface area contributed by atoms with Crippen molar-refractivity contribution in [2.24, 2.45) is 0 Å². The fourth-order valence-electron chi connectivity index (χ4n) is 1.02. The van der Waals surface area contributed by atoms with Crippen molar-refractivity contribution >= 4 is 28.4 Å². The van der Waals surface area contributed by atoms with E-state index in [1.807, 2.05) is 0 Å². The summed E-state index contributed by atoms with van der Waals surface area (Å²) in [5.41, 5.74) is 0. The highest BCUT2D eigenvalue weighted by Gasteiger charge is 2.13. The van der Waals surface area contributed by atoms with Gasteiger partial charge < -0.3 is 4.74 Å². The second-order valence-corrected chi connectivity index (χ2v) is 4.55. The number of benzene rings is 1. The molecule has 0 aliphatic heterocycles. The standard InChI is InChI=1S/C10H11ClO3S/c1-2-14-10(12)7-15(13)9-6-4-3-5-8(9)11/h3-6H,2,7H2,1H3. The fourth-order valence-corrected chi connectivity index (χ4v) is 2.38. The summed E-state index contributed by atoms with van der Waals surface area (Å²) in [6, 6.07) is 6.75. The smallest absolute Gasteiger partial charge is 0.318 e. The molecule has 0 aromatic heterocycles. The Morgan fingerprint density at radius 2 is 2.13 bits per heavy atom. The number of rotatable bonds is 4. The highest BCUT2D eigenvalue weighted by Crippen LogP contribution is 2.18. The van der Waals surface area contributed by atoms with Crippen LogP contribution in [0.2, 0.25) is 5.02 Å². The van der Waals surface area contributed by atoms with E-state index in [4.69, 9.17) is 16.3 Å². The zero-order valence-electron chi connectivity index (χ0n) is 8.23. The minimum absolute atomic E-state index is 0.155. The van der Waals surface area contributed by atoms with Crippen molar-refractivity contribution in [1.29, 1.82) is 0 Å². The van der Waals surface area contributed by atoms with Gasteiger partial charge in [0.15, 0.2) is 0 Å². The third kappa shape index (κ3) is 3.64. The summed E-state index contributed by atoms with van der Waals surface area (Å²) < 4.78 is 16.4. The SMILES string of the molecule is CCOC(=O)CS(=O)c1ccccc1Cl. The molecule has 15 heavy (non-hydrogen) atoms. The van der Waals surface area contributed by atoms with Crippen molar-refractivity contribution < 1.29 is 13.7 Å². The van der Waals surface area contributed by atoms with Crippen molar-refractivity contribution in [2.45, 2.75) is 11.8 Å². The van der Waals surface area contributed by atoms with Gasteiger partial charge in [-0.25, -0.2) is 0 Å². The highest BCUT2D eigenvalue weighted by molar-refractivity contribution is 7.85. The molecule has 1 rings (SSSR count). The maximum atomic E-state index is 11.7. The fraction of sp³-hybridized carbons (Fsp3) is 0.300. The lowest BCUT2D eigenvalue weighted by Crippen LogP contribution is -2.14. The topological polar surface area (TPSA) is 43.4 Å². The van der Waals surface area contributed by atoms with Gasteiger partial charge >= 0.3 is 5.97 Å². The largest absolute Gasteiger partial charge is 0.465 e. The number of hydrogen-bond acceptors (Lipinski definition) is 3. The van der Waals surface area contributed by atoms with E-state index in [1.165, 1.54) is 0 Å². The van der Waals surface area contributed by atoms with Gasteiger partial charge in [-0.2, -0.15) is 0 Å². The Kier molecular flexibility index (Phi) is 4.78. The average molecular weight is 247 g/mol. The van der Waals surface area contributed by atoms with Gasteiger partial charge in [-0.1, -0.05) is 23.7 Å². The third-order valence-electron chi connectivity index (χ3n) is 1.64. The van der Waals surface area contributed by atoms with Crippen molar-refractivity contribution in [3.8, 4) is 0 Å². The molecule has 0 radical (unpaired) electrons.